The molecule has 5 rings (SSSR count). The van der Waals surface area contributed by atoms with Gasteiger partial charge in [0.1, 0.15) is 18.2 Å². The summed E-state index contributed by atoms with van der Waals surface area (Å²) in [5.74, 6) is -1.62. The van der Waals surface area contributed by atoms with E-state index in [1.165, 1.54) is 25.2 Å². The zero-order valence-electron chi connectivity index (χ0n) is 27.6. The van der Waals surface area contributed by atoms with E-state index in [1.54, 1.807) is 48.5 Å². The van der Waals surface area contributed by atoms with Crippen molar-refractivity contribution in [1.82, 2.24) is 9.80 Å². The van der Waals surface area contributed by atoms with E-state index in [0.717, 1.165) is 28.9 Å². The minimum absolute atomic E-state index is 0.0166. The van der Waals surface area contributed by atoms with E-state index >= 15 is 0 Å². The molecule has 1 aliphatic heterocycles. The van der Waals surface area contributed by atoms with Crippen LogP contribution >= 0.6 is 0 Å². The molecule has 0 radical (unpaired) electrons. The monoisotopic (exact) mass is 686 g/mol. The van der Waals surface area contributed by atoms with Gasteiger partial charge in [0, 0.05) is 13.7 Å². The van der Waals surface area contributed by atoms with E-state index < -0.39 is 36.3 Å². The topological polar surface area (TPSA) is 77.5 Å². The molecule has 1 saturated heterocycles. The van der Waals surface area contributed by atoms with E-state index in [0.29, 0.717) is 24.2 Å². The Morgan fingerprint density at radius 2 is 1.59 bits per heavy atom. The van der Waals surface area contributed by atoms with Gasteiger partial charge in [-0.15, -0.1) is 0 Å². The second kappa shape index (κ2) is 16.5. The molecule has 49 heavy (non-hydrogen) atoms. The fraction of sp³-hybridized carbons (Fsp3) is 0.459. The lowest BCUT2D eigenvalue weighted by atomic mass is 9.82. The number of halogens is 4. The Kier molecular flexibility index (Phi) is 12.2. The molecule has 0 aromatic heterocycles. The largest absolute Gasteiger partial charge is 0.497 e. The highest BCUT2D eigenvalue weighted by atomic mass is 19.4. The van der Waals surface area contributed by atoms with Gasteiger partial charge >= 0.3 is 18.2 Å². The molecule has 0 bridgehead atoms. The van der Waals surface area contributed by atoms with E-state index in [1.807, 2.05) is 24.3 Å². The number of carbonyl (C=O) groups is 2. The number of likely N-dealkylation sites (tertiary alicyclic amines) is 1. The predicted octanol–water partition coefficient (Wildman–Crippen LogP) is 7.26. The third-order valence-corrected chi connectivity index (χ3v) is 9.40. The average molecular weight is 687 g/mol. The first-order chi connectivity index (χ1) is 23.6. The normalized spacial score (nSPS) is 22.5. The molecule has 2 amide bonds. The number of hydrogen-bond donors (Lipinski definition) is 0. The van der Waals surface area contributed by atoms with Crippen LogP contribution in [0.15, 0.2) is 78.9 Å². The SMILES string of the molecule is COC[C@@H]1C[C@H](N(Cc2ccc(OC)cc2)C(=O)C(F)(F)F)[C@H](CO[C@H]2CC[C@@H](c3cccc(F)c3)CC2)N1C(=O)OCc1ccccc1. The number of nitrogens with zero attached hydrogens (tertiary/aromatic N) is 2. The van der Waals surface area contributed by atoms with Crippen LogP contribution in [0.5, 0.6) is 5.75 Å². The Morgan fingerprint density at radius 1 is 0.878 bits per heavy atom. The Morgan fingerprint density at radius 3 is 2.22 bits per heavy atom. The van der Waals surface area contributed by atoms with Crippen molar-refractivity contribution in [3.05, 3.63) is 101 Å². The van der Waals surface area contributed by atoms with Gasteiger partial charge in [0.25, 0.3) is 0 Å². The number of alkyl halides is 3. The average Bonchev–Trinajstić information content (AvgIpc) is 3.46. The second-order valence-electron chi connectivity index (χ2n) is 12.6. The van der Waals surface area contributed by atoms with Crippen LogP contribution in [0.2, 0.25) is 0 Å². The van der Waals surface area contributed by atoms with Gasteiger partial charge in [-0.3, -0.25) is 9.69 Å². The smallest absolute Gasteiger partial charge is 0.471 e. The minimum atomic E-state index is -5.16. The summed E-state index contributed by atoms with van der Waals surface area (Å²) in [6.45, 7) is -0.502. The summed E-state index contributed by atoms with van der Waals surface area (Å²) >= 11 is 0. The lowest BCUT2D eigenvalue weighted by Gasteiger charge is -2.37. The van der Waals surface area contributed by atoms with Crippen LogP contribution in [0, 0.1) is 5.82 Å². The molecule has 2 fully saturated rings. The first kappa shape index (κ1) is 36.1. The van der Waals surface area contributed by atoms with Crippen LogP contribution in [0.3, 0.4) is 0 Å². The maximum atomic E-state index is 14.2. The molecule has 3 aromatic rings. The van der Waals surface area contributed by atoms with E-state index in [9.17, 15) is 27.2 Å². The number of carbonyl (C=O) groups excluding carboxylic acids is 2. The first-order valence-electron chi connectivity index (χ1n) is 16.4. The van der Waals surface area contributed by atoms with Crippen LogP contribution < -0.4 is 4.74 Å². The van der Waals surface area contributed by atoms with E-state index in [-0.39, 0.29) is 50.6 Å². The zero-order valence-corrected chi connectivity index (χ0v) is 27.6. The number of hydrogen-bond acceptors (Lipinski definition) is 6. The van der Waals surface area contributed by atoms with Crippen LogP contribution in [-0.2, 0) is 32.2 Å². The highest BCUT2D eigenvalue weighted by Crippen LogP contribution is 2.37. The number of methoxy groups -OCH3 is 2. The van der Waals surface area contributed by atoms with Crippen LogP contribution in [-0.4, -0.2) is 79.6 Å². The van der Waals surface area contributed by atoms with Crippen LogP contribution in [0.1, 0.15) is 54.7 Å². The summed E-state index contributed by atoms with van der Waals surface area (Å²) in [5.41, 5.74) is 2.12. The summed E-state index contributed by atoms with van der Waals surface area (Å²) in [4.78, 5) is 29.1. The Balaban J connectivity index is 1.40. The van der Waals surface area contributed by atoms with Crippen molar-refractivity contribution in [3.8, 4) is 5.75 Å². The molecule has 8 nitrogen and oxygen atoms in total. The third-order valence-electron chi connectivity index (χ3n) is 9.40. The maximum absolute atomic E-state index is 14.2. The van der Waals surface area contributed by atoms with Gasteiger partial charge in [-0.05, 0) is 79.0 Å². The molecule has 0 N–H and O–H groups in total. The van der Waals surface area contributed by atoms with Crippen molar-refractivity contribution in [2.24, 2.45) is 0 Å². The molecule has 12 heteroatoms. The van der Waals surface area contributed by atoms with E-state index in [4.69, 9.17) is 18.9 Å². The van der Waals surface area contributed by atoms with Crippen LogP contribution in [0.25, 0.3) is 0 Å². The summed E-state index contributed by atoms with van der Waals surface area (Å²) in [6.07, 6.45) is -3.33. The molecule has 1 saturated carbocycles. The molecule has 0 unspecified atom stereocenters. The highest BCUT2D eigenvalue weighted by Gasteiger charge is 2.53. The Bertz CT molecular complexity index is 1520. The lowest BCUT2D eigenvalue weighted by Crippen LogP contribution is -2.54. The Labute approximate surface area is 283 Å². The van der Waals surface area contributed by atoms with Crippen LogP contribution in [0.4, 0.5) is 22.4 Å². The molecule has 0 spiro atoms. The molecular formula is C37H42F4N2O6. The van der Waals surface area contributed by atoms with Crippen molar-refractivity contribution >= 4 is 12.0 Å². The quantitative estimate of drug-likeness (QED) is 0.187. The molecule has 3 atom stereocenters. The van der Waals surface area contributed by atoms with Gasteiger partial charge in [-0.2, -0.15) is 13.2 Å². The van der Waals surface area contributed by atoms with Gasteiger partial charge in [0.05, 0.1) is 44.6 Å². The van der Waals surface area contributed by atoms with Crippen molar-refractivity contribution in [3.63, 3.8) is 0 Å². The summed E-state index contributed by atoms with van der Waals surface area (Å²) in [5, 5.41) is 0. The number of rotatable bonds is 12. The number of amides is 2. The fourth-order valence-electron chi connectivity index (χ4n) is 6.94. The third kappa shape index (κ3) is 9.30. The Hall–Kier alpha value is -4.16. The second-order valence-corrected chi connectivity index (χ2v) is 12.6. The molecule has 3 aromatic carbocycles. The number of benzene rings is 3. The summed E-state index contributed by atoms with van der Waals surface area (Å²) < 4.78 is 79.1. The summed E-state index contributed by atoms with van der Waals surface area (Å²) in [7, 11) is 2.92. The van der Waals surface area contributed by atoms with Gasteiger partial charge < -0.3 is 23.8 Å². The molecule has 1 aliphatic carbocycles. The highest BCUT2D eigenvalue weighted by molar-refractivity contribution is 5.82. The van der Waals surface area contributed by atoms with Crippen molar-refractivity contribution in [1.29, 1.82) is 0 Å². The first-order valence-corrected chi connectivity index (χ1v) is 16.4. The van der Waals surface area contributed by atoms with Crippen molar-refractivity contribution < 1.29 is 46.1 Å². The molecule has 2 aliphatic rings. The molecule has 1 heterocycles. The van der Waals surface area contributed by atoms with Gasteiger partial charge in [0.2, 0.25) is 0 Å². The standard InChI is InChI=1S/C37H42F4N2O6/c1-46-23-30-20-33(42(35(44)37(39,40)41)21-25-11-15-31(47-2)16-12-25)34(43(30)36(45)49-22-26-7-4-3-5-8-26)24-48-32-17-13-27(14-18-32)28-9-6-10-29(38)19-28/h3-12,15-16,19,27,30,32-34H,13-14,17-18,20-24H2,1-2H3/t27-,30-,32+,33-,34-/m0/s1. The van der Waals surface area contributed by atoms with Gasteiger partial charge in [-0.1, -0.05) is 54.6 Å². The van der Waals surface area contributed by atoms with Crippen molar-refractivity contribution in [2.45, 2.75) is 81.6 Å². The van der Waals surface area contributed by atoms with Crippen molar-refractivity contribution in [2.75, 3.05) is 27.4 Å². The molecular weight excluding hydrogens is 644 g/mol. The zero-order chi connectivity index (χ0) is 35.0. The predicted molar refractivity (Wildman–Crippen MR) is 173 cm³/mol. The fourth-order valence-corrected chi connectivity index (χ4v) is 6.94. The van der Waals surface area contributed by atoms with Gasteiger partial charge in [-0.25, -0.2) is 9.18 Å². The maximum Gasteiger partial charge on any atom is 0.471 e. The van der Waals surface area contributed by atoms with E-state index in [2.05, 4.69) is 0 Å². The lowest BCUT2D eigenvalue weighted by molar-refractivity contribution is -0.189. The summed E-state index contributed by atoms with van der Waals surface area (Å²) in [6, 6.07) is 19.3. The molecule has 264 valence electrons. The number of ether oxygens (including phenoxy) is 4. The minimum Gasteiger partial charge on any atom is -0.497 e. The van der Waals surface area contributed by atoms with Gasteiger partial charge in [0.15, 0.2) is 0 Å².